The van der Waals surface area contributed by atoms with Crippen LogP contribution in [-0.4, -0.2) is 48.6 Å². The lowest BCUT2D eigenvalue weighted by Gasteiger charge is -2.23. The van der Waals surface area contributed by atoms with Crippen LogP contribution in [0.15, 0.2) is 40.3 Å². The van der Waals surface area contributed by atoms with Crippen LogP contribution >= 0.6 is 0 Å². The van der Waals surface area contributed by atoms with E-state index in [9.17, 15) is 9.59 Å². The molecule has 27 heavy (non-hydrogen) atoms. The molecule has 142 valence electrons. The van der Waals surface area contributed by atoms with Gasteiger partial charge < -0.3 is 25.9 Å². The minimum Gasteiger partial charge on any atom is -0.397 e. The third-order valence-electron chi connectivity index (χ3n) is 4.56. The van der Waals surface area contributed by atoms with Gasteiger partial charge in [0.25, 0.3) is 11.5 Å². The number of nitrogen functional groups attached to an aromatic ring is 1. The van der Waals surface area contributed by atoms with E-state index in [2.05, 4.69) is 15.3 Å². The van der Waals surface area contributed by atoms with Crippen molar-refractivity contribution in [1.29, 1.82) is 0 Å². The van der Waals surface area contributed by atoms with Crippen LogP contribution in [0.5, 0.6) is 0 Å². The van der Waals surface area contributed by atoms with Crippen molar-refractivity contribution >= 4 is 28.7 Å². The minimum absolute atomic E-state index is 0.0503. The number of ether oxygens (including phenoxy) is 1. The molecule has 3 rings (SSSR count). The van der Waals surface area contributed by atoms with E-state index in [1.54, 1.807) is 25.6 Å². The molecule has 1 amide bonds. The van der Waals surface area contributed by atoms with Crippen molar-refractivity contribution in [2.45, 2.75) is 18.4 Å². The van der Waals surface area contributed by atoms with Gasteiger partial charge in [-0.25, -0.2) is 0 Å². The fourth-order valence-electron chi connectivity index (χ4n) is 3.20. The zero-order valence-electron chi connectivity index (χ0n) is 14.9. The molecule has 8 heteroatoms. The number of amides is 1. The number of aromatic nitrogens is 1. The molecular weight excluding hydrogens is 348 g/mol. The first kappa shape index (κ1) is 18.8. The standard InChI is InChI=1S/C19H22N4O4/c1-27-14-6-8-21-10-13(14)11-4-2-5-12-16(20)15(19(26)23-17(11)12)18(25)22-7-3-9-24/h2,4-6,8,10,13-14,24H,3,7,9H2,1H3,(H,22,25)(H3,20,23,26). The minimum atomic E-state index is -0.564. The number of nitrogens with zero attached hydrogens (tertiary/aromatic N) is 1. The number of carbonyl (C=O) groups excluding carboxylic acids is 1. The summed E-state index contributed by atoms with van der Waals surface area (Å²) in [5.74, 6) is -0.755. The number of pyridine rings is 1. The molecule has 0 saturated heterocycles. The maximum absolute atomic E-state index is 12.6. The molecule has 0 aliphatic carbocycles. The summed E-state index contributed by atoms with van der Waals surface area (Å²) in [6, 6.07) is 5.45. The Hall–Kier alpha value is -2.97. The second kappa shape index (κ2) is 8.15. The number of aliphatic imine (C=N–C) groups is 1. The summed E-state index contributed by atoms with van der Waals surface area (Å²) >= 11 is 0. The maximum atomic E-state index is 12.6. The van der Waals surface area contributed by atoms with E-state index < -0.39 is 11.5 Å². The third-order valence-corrected chi connectivity index (χ3v) is 4.56. The van der Waals surface area contributed by atoms with Gasteiger partial charge in [-0.3, -0.25) is 14.6 Å². The molecule has 0 radical (unpaired) electrons. The second-order valence-electron chi connectivity index (χ2n) is 6.21. The molecule has 1 aromatic carbocycles. The first-order chi connectivity index (χ1) is 13.1. The first-order valence-corrected chi connectivity index (χ1v) is 8.64. The number of nitrogens with two attached hydrogens (primary N) is 1. The predicted octanol–water partition coefficient (Wildman–Crippen LogP) is 0.919. The number of methoxy groups -OCH3 is 1. The van der Waals surface area contributed by atoms with E-state index in [0.29, 0.717) is 17.3 Å². The van der Waals surface area contributed by atoms with Crippen LogP contribution in [0, 0.1) is 0 Å². The van der Waals surface area contributed by atoms with E-state index >= 15 is 0 Å². The Kier molecular flexibility index (Phi) is 5.68. The Labute approximate surface area is 155 Å². The van der Waals surface area contributed by atoms with E-state index in [4.69, 9.17) is 15.6 Å². The topological polar surface area (TPSA) is 130 Å². The number of hydrogen-bond donors (Lipinski definition) is 4. The summed E-state index contributed by atoms with van der Waals surface area (Å²) in [6.45, 7) is 0.206. The molecule has 2 heterocycles. The lowest BCUT2D eigenvalue weighted by Crippen LogP contribution is -2.32. The van der Waals surface area contributed by atoms with Crippen LogP contribution in [0.2, 0.25) is 0 Å². The van der Waals surface area contributed by atoms with E-state index in [0.717, 1.165) is 5.56 Å². The van der Waals surface area contributed by atoms with E-state index in [1.165, 1.54) is 0 Å². The van der Waals surface area contributed by atoms with Gasteiger partial charge in [0.15, 0.2) is 0 Å². The smallest absolute Gasteiger partial charge is 0.263 e. The molecule has 2 unspecified atom stereocenters. The fourth-order valence-corrected chi connectivity index (χ4v) is 3.20. The van der Waals surface area contributed by atoms with Crippen molar-refractivity contribution < 1.29 is 14.6 Å². The van der Waals surface area contributed by atoms with Crippen LogP contribution < -0.4 is 16.6 Å². The van der Waals surface area contributed by atoms with Gasteiger partial charge in [-0.05, 0) is 18.1 Å². The molecule has 1 aromatic heterocycles. The van der Waals surface area contributed by atoms with Gasteiger partial charge in [0.05, 0.1) is 23.2 Å². The number of nitrogens with one attached hydrogen (secondary N) is 2. The van der Waals surface area contributed by atoms with Crippen molar-refractivity contribution in [3.05, 3.63) is 52.0 Å². The van der Waals surface area contributed by atoms with Crippen LogP contribution in [0.3, 0.4) is 0 Å². The highest BCUT2D eigenvalue weighted by atomic mass is 16.5. The first-order valence-electron chi connectivity index (χ1n) is 8.64. The highest BCUT2D eigenvalue weighted by molar-refractivity contribution is 6.07. The molecule has 2 atom stereocenters. The van der Waals surface area contributed by atoms with E-state index in [-0.39, 0.29) is 36.4 Å². The van der Waals surface area contributed by atoms with Crippen molar-refractivity contribution in [1.82, 2.24) is 10.3 Å². The summed E-state index contributed by atoms with van der Waals surface area (Å²) in [7, 11) is 1.61. The number of aliphatic hydroxyl groups is 1. The number of benzene rings is 1. The van der Waals surface area contributed by atoms with Gasteiger partial charge in [-0.15, -0.1) is 0 Å². The van der Waals surface area contributed by atoms with Gasteiger partial charge in [-0.1, -0.05) is 18.2 Å². The zero-order valence-corrected chi connectivity index (χ0v) is 14.9. The highest BCUT2D eigenvalue weighted by Gasteiger charge is 2.25. The summed E-state index contributed by atoms with van der Waals surface area (Å²) in [5.41, 5.74) is 6.98. The lowest BCUT2D eigenvalue weighted by atomic mass is 9.90. The number of aliphatic hydroxyl groups excluding tert-OH is 1. The summed E-state index contributed by atoms with van der Waals surface area (Å²) in [6.07, 6.45) is 5.44. The summed E-state index contributed by atoms with van der Waals surface area (Å²) in [4.78, 5) is 31.9. The average Bonchev–Trinajstić information content (AvgIpc) is 2.68. The fraction of sp³-hybridized carbons (Fsp3) is 0.316. The monoisotopic (exact) mass is 370 g/mol. The number of anilines is 1. The van der Waals surface area contributed by atoms with Gasteiger partial charge in [0.2, 0.25) is 0 Å². The van der Waals surface area contributed by atoms with Gasteiger partial charge in [-0.2, -0.15) is 0 Å². The molecule has 8 nitrogen and oxygen atoms in total. The molecule has 0 fully saturated rings. The Morgan fingerprint density at radius 1 is 1.44 bits per heavy atom. The predicted molar refractivity (Wildman–Crippen MR) is 104 cm³/mol. The second-order valence-corrected chi connectivity index (χ2v) is 6.21. The SMILES string of the molecule is COC1C=CN=CC1c1cccc2c(N)c(C(=O)NCCCO)c(=O)[nH]c12. The lowest BCUT2D eigenvalue weighted by molar-refractivity contribution is 0.0950. The van der Waals surface area contributed by atoms with Gasteiger partial charge >= 0.3 is 0 Å². The number of hydrogen-bond acceptors (Lipinski definition) is 6. The van der Waals surface area contributed by atoms with Gasteiger partial charge in [0, 0.05) is 38.1 Å². The van der Waals surface area contributed by atoms with E-state index in [1.807, 2.05) is 18.2 Å². The van der Waals surface area contributed by atoms with Crippen molar-refractivity contribution in [2.75, 3.05) is 26.0 Å². The normalized spacial score (nSPS) is 18.7. The molecular formula is C19H22N4O4. The molecule has 1 aliphatic rings. The highest BCUT2D eigenvalue weighted by Crippen LogP contribution is 2.31. The molecule has 5 N–H and O–H groups in total. The largest absolute Gasteiger partial charge is 0.397 e. The zero-order chi connectivity index (χ0) is 19.4. The molecule has 0 spiro atoms. The number of H-pyrrole nitrogens is 1. The third kappa shape index (κ3) is 3.62. The number of rotatable bonds is 6. The summed E-state index contributed by atoms with van der Waals surface area (Å²) in [5, 5.41) is 12.0. The quantitative estimate of drug-likeness (QED) is 0.562. The molecule has 0 saturated carbocycles. The van der Waals surface area contributed by atoms with Crippen LogP contribution in [-0.2, 0) is 4.74 Å². The Morgan fingerprint density at radius 2 is 2.26 bits per heavy atom. The molecule has 0 bridgehead atoms. The summed E-state index contributed by atoms with van der Waals surface area (Å²) < 4.78 is 5.50. The van der Waals surface area contributed by atoms with Crippen LogP contribution in [0.4, 0.5) is 5.69 Å². The van der Waals surface area contributed by atoms with Crippen molar-refractivity contribution in [2.24, 2.45) is 4.99 Å². The number of para-hydroxylation sites is 1. The average molecular weight is 370 g/mol. The number of fused-ring (bicyclic) bond motifs is 1. The van der Waals surface area contributed by atoms with Crippen molar-refractivity contribution in [3.63, 3.8) is 0 Å². The Morgan fingerprint density at radius 3 is 3.00 bits per heavy atom. The molecule has 1 aliphatic heterocycles. The maximum Gasteiger partial charge on any atom is 0.263 e. The van der Waals surface area contributed by atoms with Crippen LogP contribution in [0.1, 0.15) is 28.3 Å². The van der Waals surface area contributed by atoms with Crippen LogP contribution in [0.25, 0.3) is 10.9 Å². The number of aromatic amines is 1. The van der Waals surface area contributed by atoms with Crippen molar-refractivity contribution in [3.8, 4) is 0 Å². The molecule has 2 aromatic rings. The van der Waals surface area contributed by atoms with Gasteiger partial charge in [0.1, 0.15) is 5.56 Å². The Balaban J connectivity index is 2.08. The number of carbonyl (C=O) groups is 1. The Bertz CT molecular complexity index is 964.